The molecule has 0 N–H and O–H groups in total. The summed E-state index contributed by atoms with van der Waals surface area (Å²) in [5.41, 5.74) is 0.284. The summed E-state index contributed by atoms with van der Waals surface area (Å²) in [5, 5.41) is 0.713. The van der Waals surface area contributed by atoms with Crippen LogP contribution in [-0.2, 0) is 11.2 Å². The van der Waals surface area contributed by atoms with Crippen LogP contribution in [0.5, 0.6) is 6.01 Å². The molecule has 0 saturated carbocycles. The Kier molecular flexibility index (Phi) is 11.5. The third-order valence-electron chi connectivity index (χ3n) is 13.3. The van der Waals surface area contributed by atoms with Gasteiger partial charge in [-0.25, -0.2) is 0 Å². The molecule has 0 unspecified atom stereocenters. The molecule has 0 spiro atoms. The quantitative estimate of drug-likeness (QED) is 0.186. The Hall–Kier alpha value is -2.02. The monoisotopic (exact) mass is 846 g/mol. The van der Waals surface area contributed by atoms with Gasteiger partial charge in [-0.3, -0.25) is 0 Å². The number of rotatable bonds is 13. The first-order chi connectivity index (χ1) is 25.3. The number of aromatic nitrogens is 3. The molecule has 12 heteroatoms. The molecular formula is C41H64F2N6O3Sn. The Morgan fingerprint density at radius 3 is 2.36 bits per heavy atom. The molecule has 7 heterocycles. The van der Waals surface area contributed by atoms with E-state index in [0.29, 0.717) is 42.7 Å². The van der Waals surface area contributed by atoms with E-state index in [1.54, 1.807) is 0 Å². The molecule has 4 saturated heterocycles. The summed E-state index contributed by atoms with van der Waals surface area (Å²) in [6, 6.07) is 0.0184. The molecule has 53 heavy (non-hydrogen) atoms. The van der Waals surface area contributed by atoms with E-state index < -0.39 is 30.1 Å². The Morgan fingerprint density at radius 2 is 1.70 bits per heavy atom. The molecule has 0 aromatic carbocycles. The van der Waals surface area contributed by atoms with Crippen LogP contribution in [0.25, 0.3) is 10.9 Å². The number of carbonyl (C=O) groups excluding carboxylic acids is 1. The van der Waals surface area contributed by atoms with Gasteiger partial charge in [0.1, 0.15) is 0 Å². The number of halogens is 2. The Bertz CT molecular complexity index is 1640. The molecule has 6 atom stereocenters. The van der Waals surface area contributed by atoms with Gasteiger partial charge < -0.3 is 0 Å². The van der Waals surface area contributed by atoms with Crippen molar-refractivity contribution in [3.8, 4) is 6.01 Å². The molecular weight excluding hydrogens is 781 g/mol. The van der Waals surface area contributed by atoms with Crippen LogP contribution in [0.15, 0.2) is 0 Å². The van der Waals surface area contributed by atoms with Crippen molar-refractivity contribution in [3.05, 3.63) is 11.5 Å². The van der Waals surface area contributed by atoms with Crippen molar-refractivity contribution in [2.24, 2.45) is 5.92 Å². The van der Waals surface area contributed by atoms with Crippen LogP contribution in [0, 0.1) is 11.7 Å². The summed E-state index contributed by atoms with van der Waals surface area (Å²) in [6.07, 6.45) is 10.2. The first-order valence-corrected chi connectivity index (χ1v) is 28.5. The van der Waals surface area contributed by atoms with Gasteiger partial charge in [-0.1, -0.05) is 0 Å². The first-order valence-electron chi connectivity index (χ1n) is 21.0. The molecule has 5 aliphatic rings. The van der Waals surface area contributed by atoms with Gasteiger partial charge >= 0.3 is 322 Å². The molecule has 0 aliphatic carbocycles. The number of nitrogens with zero attached hydrogens (tertiary/aromatic N) is 6. The minimum atomic E-state index is -3.40. The number of ether oxygens (including phenoxy) is 2. The summed E-state index contributed by atoms with van der Waals surface area (Å²) >= 11 is -3.40. The Morgan fingerprint density at radius 1 is 1.00 bits per heavy atom. The summed E-state index contributed by atoms with van der Waals surface area (Å²) in [4.78, 5) is 36.0. The molecule has 9 nitrogen and oxygen atoms in total. The molecule has 0 radical (unpaired) electrons. The third-order valence-corrected chi connectivity index (χ3v) is 28.3. The zero-order valence-electron chi connectivity index (χ0n) is 33.5. The van der Waals surface area contributed by atoms with E-state index in [2.05, 4.69) is 37.5 Å². The van der Waals surface area contributed by atoms with Crippen LogP contribution in [0.2, 0.25) is 13.3 Å². The number of hydrogen-bond donors (Lipinski definition) is 0. The second-order valence-corrected chi connectivity index (χ2v) is 31.2. The van der Waals surface area contributed by atoms with Crippen molar-refractivity contribution in [2.75, 3.05) is 31.1 Å². The number of hydrogen-bond acceptors (Lipinski definition) is 8. The zero-order chi connectivity index (χ0) is 37.7. The fourth-order valence-corrected chi connectivity index (χ4v) is 26.5. The number of fused-ring (bicyclic) bond motifs is 6. The van der Waals surface area contributed by atoms with E-state index in [1.807, 2.05) is 25.7 Å². The Balaban J connectivity index is 1.37. The number of carbonyl (C=O) groups is 1. The molecule has 2 aromatic heterocycles. The molecule has 1 amide bonds. The van der Waals surface area contributed by atoms with Crippen LogP contribution in [0.1, 0.15) is 125 Å². The summed E-state index contributed by atoms with van der Waals surface area (Å²) in [7, 11) is 0. The van der Waals surface area contributed by atoms with Crippen molar-refractivity contribution < 1.29 is 23.0 Å². The molecule has 2 aromatic rings. The maximum atomic E-state index is 17.8. The van der Waals surface area contributed by atoms with Crippen molar-refractivity contribution in [1.29, 1.82) is 0 Å². The number of amides is 1. The zero-order valence-corrected chi connectivity index (χ0v) is 36.3. The van der Waals surface area contributed by atoms with Crippen molar-refractivity contribution >= 4 is 44.9 Å². The predicted octanol–water partition coefficient (Wildman–Crippen LogP) is 8.32. The number of pyridine rings is 1. The topological polar surface area (TPSA) is 83.9 Å². The predicted molar refractivity (Wildman–Crippen MR) is 209 cm³/mol. The van der Waals surface area contributed by atoms with E-state index >= 15 is 4.39 Å². The average molecular weight is 846 g/mol. The molecule has 294 valence electrons. The second kappa shape index (κ2) is 15.5. The molecule has 5 aliphatic heterocycles. The van der Waals surface area contributed by atoms with Gasteiger partial charge in [0.2, 0.25) is 0 Å². The van der Waals surface area contributed by atoms with E-state index in [9.17, 15) is 9.18 Å². The molecule has 4 fully saturated rings. The van der Waals surface area contributed by atoms with Gasteiger partial charge in [0.15, 0.2) is 0 Å². The fourth-order valence-electron chi connectivity index (χ4n) is 10.8. The maximum absolute atomic E-state index is 17.8. The fraction of sp³-hybridized carbons (Fsp3) is 0.805. The average Bonchev–Trinajstić information content (AvgIpc) is 3.72. The van der Waals surface area contributed by atoms with Gasteiger partial charge in [0.25, 0.3) is 0 Å². The summed E-state index contributed by atoms with van der Waals surface area (Å²) in [6.45, 7) is 16.9. The number of anilines is 1. The Labute approximate surface area is 320 Å². The number of alkyl halides is 1. The first kappa shape index (κ1) is 39.2. The van der Waals surface area contributed by atoms with Crippen LogP contribution in [-0.4, -0.2) is 111 Å². The minimum absolute atomic E-state index is 0.0433. The van der Waals surface area contributed by atoms with Gasteiger partial charge in [0, 0.05) is 0 Å². The standard InChI is InChI=1S/C29H37F2N6O3.3C4H9.Sn/c1-16-10-20-22-23(19(31)12-32-20)33-26(39-15-29-8-5-9-35(29)13-17(30)11-29)34-25(22)36-14-18-6-7-21(24(16)36)37(18)27(38)40-28(2,3)4;3*1-3-4-2;/h16-18,21,24H,5-11,13-15H2,1-4H3;3*1,3-4H2,2H3;/t16-,17+,18+,21-,24-,29-;;;;/m0..../s1. The SMILES string of the molecule is CCC[CH2][Sn]([CH2]CCC)([CH2]CCC)[c]1nc2c3c(nc(OC[C@@]45CCCN4C[C@H](F)C5)nc3c1F)N1C[C@H]3CC[C@@H]([C@@H]1[C@@H](C)C2)N3C(=O)OC(C)(C)C. The van der Waals surface area contributed by atoms with E-state index in [1.165, 1.54) is 0 Å². The summed E-state index contributed by atoms with van der Waals surface area (Å²) < 4.78 is 49.2. The number of piperazine rings is 1. The van der Waals surface area contributed by atoms with Crippen molar-refractivity contribution in [1.82, 2.24) is 24.8 Å². The summed E-state index contributed by atoms with van der Waals surface area (Å²) in [5.74, 6) is 0.553. The number of unbranched alkanes of at least 4 members (excludes halogenated alkanes) is 3. The van der Waals surface area contributed by atoms with Gasteiger partial charge in [-0.15, -0.1) is 0 Å². The third kappa shape index (κ3) is 7.37. The van der Waals surface area contributed by atoms with Crippen LogP contribution in [0.3, 0.4) is 0 Å². The van der Waals surface area contributed by atoms with E-state index in [4.69, 9.17) is 24.4 Å². The van der Waals surface area contributed by atoms with Crippen LogP contribution in [0.4, 0.5) is 19.4 Å². The second-order valence-electron chi connectivity index (χ2n) is 18.2. The van der Waals surface area contributed by atoms with Crippen LogP contribution >= 0.6 is 0 Å². The molecule has 2 bridgehead atoms. The van der Waals surface area contributed by atoms with E-state index in [-0.39, 0.29) is 54.1 Å². The van der Waals surface area contributed by atoms with Crippen molar-refractivity contribution in [3.63, 3.8) is 0 Å². The van der Waals surface area contributed by atoms with Gasteiger partial charge in [-0.2, -0.15) is 0 Å². The van der Waals surface area contributed by atoms with E-state index in [0.717, 1.165) is 93.5 Å². The normalized spacial score (nSPS) is 28.4. The van der Waals surface area contributed by atoms with Crippen LogP contribution < -0.4 is 13.3 Å². The molecule has 7 rings (SSSR count). The van der Waals surface area contributed by atoms with Gasteiger partial charge in [0.05, 0.1) is 0 Å². The van der Waals surface area contributed by atoms with Gasteiger partial charge in [-0.05, 0) is 0 Å². The van der Waals surface area contributed by atoms with Crippen molar-refractivity contribution in [2.45, 2.75) is 174 Å².